The first-order valence-corrected chi connectivity index (χ1v) is 7.41. The Hall–Kier alpha value is -2.69. The molecule has 3 heterocycles. The average molecular weight is 292 g/mol. The van der Waals surface area contributed by atoms with E-state index in [1.165, 1.54) is 11.1 Å². The second kappa shape index (κ2) is 5.60. The van der Waals surface area contributed by atoms with Crippen LogP contribution in [0.25, 0.3) is 0 Å². The van der Waals surface area contributed by atoms with E-state index in [0.29, 0.717) is 0 Å². The van der Waals surface area contributed by atoms with Gasteiger partial charge in [0, 0.05) is 42.4 Å². The predicted molar refractivity (Wildman–Crippen MR) is 81.8 cm³/mol. The molecule has 0 radical (unpaired) electrons. The Morgan fingerprint density at radius 2 is 2.23 bits per heavy atom. The van der Waals surface area contributed by atoms with Crippen molar-refractivity contribution < 1.29 is 4.74 Å². The van der Waals surface area contributed by atoms with E-state index in [4.69, 9.17) is 4.74 Å². The van der Waals surface area contributed by atoms with E-state index in [0.717, 1.165) is 36.6 Å². The summed E-state index contributed by atoms with van der Waals surface area (Å²) in [4.78, 5) is 7.40. The van der Waals surface area contributed by atoms with Gasteiger partial charge in [-0.05, 0) is 17.7 Å². The molecule has 0 fully saturated rings. The Morgan fingerprint density at radius 1 is 1.23 bits per heavy atom. The number of para-hydroxylation sites is 1. The Labute approximate surface area is 128 Å². The Balaban J connectivity index is 1.77. The zero-order valence-corrected chi connectivity index (χ0v) is 12.1. The molecule has 0 saturated carbocycles. The lowest BCUT2D eigenvalue weighted by Crippen LogP contribution is -2.09. The maximum Gasteiger partial charge on any atom is 0.126 e. The van der Waals surface area contributed by atoms with Crippen LogP contribution in [-0.4, -0.2) is 26.8 Å². The number of hydrogen-bond acceptors (Lipinski definition) is 4. The first kappa shape index (κ1) is 13.0. The quantitative estimate of drug-likeness (QED) is 0.802. The molecule has 1 unspecified atom stereocenters. The summed E-state index contributed by atoms with van der Waals surface area (Å²) in [5.74, 6) is 1.15. The molecule has 1 aliphatic heterocycles. The van der Waals surface area contributed by atoms with E-state index < -0.39 is 0 Å². The van der Waals surface area contributed by atoms with Crippen molar-refractivity contribution in [3.05, 3.63) is 71.6 Å². The van der Waals surface area contributed by atoms with Gasteiger partial charge in [-0.1, -0.05) is 18.2 Å². The number of imidazole rings is 1. The van der Waals surface area contributed by atoms with E-state index in [9.17, 15) is 0 Å². The first-order chi connectivity index (χ1) is 10.9. The molecular formula is C17H16N4O. The van der Waals surface area contributed by atoms with Crippen LogP contribution < -0.4 is 4.74 Å². The highest BCUT2D eigenvalue weighted by Gasteiger charge is 2.25. The van der Waals surface area contributed by atoms with E-state index >= 15 is 0 Å². The predicted octanol–water partition coefficient (Wildman–Crippen LogP) is 2.51. The number of nitrogens with zero attached hydrogens (tertiary/aromatic N) is 3. The molecule has 0 saturated heterocycles. The summed E-state index contributed by atoms with van der Waals surface area (Å²) < 4.78 is 5.88. The SMILES string of the molecule is c1cnnc(CC(c2cnc[nH]2)c2cccc3c2OCC3)c1. The van der Waals surface area contributed by atoms with Gasteiger partial charge in [-0.25, -0.2) is 4.98 Å². The highest BCUT2D eigenvalue weighted by molar-refractivity contribution is 5.48. The van der Waals surface area contributed by atoms with E-state index in [-0.39, 0.29) is 5.92 Å². The van der Waals surface area contributed by atoms with Crippen molar-refractivity contribution in [2.24, 2.45) is 0 Å². The molecule has 1 atom stereocenters. The zero-order valence-electron chi connectivity index (χ0n) is 12.1. The molecule has 0 aliphatic carbocycles. The molecule has 4 rings (SSSR count). The summed E-state index contributed by atoms with van der Waals surface area (Å²) in [7, 11) is 0. The van der Waals surface area contributed by atoms with Crippen LogP contribution in [0.4, 0.5) is 0 Å². The fraction of sp³-hybridized carbons (Fsp3) is 0.235. The molecular weight excluding hydrogens is 276 g/mol. The molecule has 5 nitrogen and oxygen atoms in total. The van der Waals surface area contributed by atoms with Crippen LogP contribution in [0.3, 0.4) is 0 Å². The summed E-state index contributed by atoms with van der Waals surface area (Å²) in [5.41, 5.74) is 4.48. The number of fused-ring (bicyclic) bond motifs is 1. The summed E-state index contributed by atoms with van der Waals surface area (Å²) in [5, 5.41) is 8.20. The van der Waals surface area contributed by atoms with Gasteiger partial charge in [0.05, 0.1) is 18.6 Å². The number of H-pyrrole nitrogens is 1. The van der Waals surface area contributed by atoms with Gasteiger partial charge in [-0.15, -0.1) is 0 Å². The molecule has 1 N–H and O–H groups in total. The molecule has 2 aromatic heterocycles. The van der Waals surface area contributed by atoms with Gasteiger partial charge in [-0.2, -0.15) is 10.2 Å². The minimum absolute atomic E-state index is 0.132. The monoisotopic (exact) mass is 292 g/mol. The lowest BCUT2D eigenvalue weighted by Gasteiger charge is -2.18. The number of ether oxygens (including phenoxy) is 1. The fourth-order valence-corrected chi connectivity index (χ4v) is 3.01. The topological polar surface area (TPSA) is 63.7 Å². The van der Waals surface area contributed by atoms with Gasteiger partial charge in [-0.3, -0.25) is 0 Å². The van der Waals surface area contributed by atoms with Crippen LogP contribution in [0, 0.1) is 0 Å². The lowest BCUT2D eigenvalue weighted by molar-refractivity contribution is 0.352. The molecule has 1 aliphatic rings. The standard InChI is InChI=1S/C17H16N4O/c1-3-12-6-8-22-17(12)14(5-1)15(16-10-18-11-19-16)9-13-4-2-7-20-21-13/h1-5,7,10-11,15H,6,8-9H2,(H,18,19). The van der Waals surface area contributed by atoms with Crippen molar-refractivity contribution in [3.8, 4) is 5.75 Å². The van der Waals surface area contributed by atoms with Gasteiger partial charge in [0.1, 0.15) is 5.75 Å². The lowest BCUT2D eigenvalue weighted by atomic mass is 9.89. The van der Waals surface area contributed by atoms with Crippen molar-refractivity contribution in [2.45, 2.75) is 18.8 Å². The number of nitrogens with one attached hydrogen (secondary N) is 1. The molecule has 0 amide bonds. The molecule has 0 spiro atoms. The maximum atomic E-state index is 5.88. The van der Waals surface area contributed by atoms with Crippen molar-refractivity contribution in [2.75, 3.05) is 6.61 Å². The molecule has 3 aromatic rings. The van der Waals surface area contributed by atoms with Crippen LogP contribution in [-0.2, 0) is 12.8 Å². The summed E-state index contributed by atoms with van der Waals surface area (Å²) in [6.45, 7) is 0.757. The Morgan fingerprint density at radius 3 is 3.05 bits per heavy atom. The minimum atomic E-state index is 0.132. The zero-order chi connectivity index (χ0) is 14.8. The fourth-order valence-electron chi connectivity index (χ4n) is 3.01. The number of benzene rings is 1. The largest absolute Gasteiger partial charge is 0.493 e. The van der Waals surface area contributed by atoms with E-state index in [1.807, 2.05) is 18.3 Å². The number of aromatic amines is 1. The molecule has 1 aromatic carbocycles. The first-order valence-electron chi connectivity index (χ1n) is 7.41. The van der Waals surface area contributed by atoms with Crippen LogP contribution in [0.2, 0.25) is 0 Å². The van der Waals surface area contributed by atoms with Crippen molar-refractivity contribution in [1.29, 1.82) is 0 Å². The third-order valence-corrected chi connectivity index (χ3v) is 4.06. The van der Waals surface area contributed by atoms with Gasteiger partial charge in [0.25, 0.3) is 0 Å². The van der Waals surface area contributed by atoms with Crippen LogP contribution >= 0.6 is 0 Å². The molecule has 110 valence electrons. The average Bonchev–Trinajstić information content (AvgIpc) is 3.24. The summed E-state index contributed by atoms with van der Waals surface area (Å²) in [6.07, 6.45) is 7.01. The maximum absolute atomic E-state index is 5.88. The summed E-state index contributed by atoms with van der Waals surface area (Å²) in [6, 6.07) is 10.3. The highest BCUT2D eigenvalue weighted by Crippen LogP contribution is 2.38. The third-order valence-electron chi connectivity index (χ3n) is 4.06. The minimum Gasteiger partial charge on any atom is -0.493 e. The smallest absolute Gasteiger partial charge is 0.126 e. The van der Waals surface area contributed by atoms with E-state index in [2.05, 4.69) is 38.4 Å². The van der Waals surface area contributed by atoms with Crippen molar-refractivity contribution in [1.82, 2.24) is 20.2 Å². The van der Waals surface area contributed by atoms with Crippen LogP contribution in [0.1, 0.15) is 28.4 Å². The number of hydrogen-bond donors (Lipinski definition) is 1. The molecule has 22 heavy (non-hydrogen) atoms. The second-order valence-corrected chi connectivity index (χ2v) is 5.41. The van der Waals surface area contributed by atoms with E-state index in [1.54, 1.807) is 12.5 Å². The van der Waals surface area contributed by atoms with Gasteiger partial charge in [0.2, 0.25) is 0 Å². The van der Waals surface area contributed by atoms with Crippen molar-refractivity contribution >= 4 is 0 Å². The Kier molecular flexibility index (Phi) is 3.31. The van der Waals surface area contributed by atoms with Crippen molar-refractivity contribution in [3.63, 3.8) is 0 Å². The van der Waals surface area contributed by atoms with Gasteiger partial charge in [0.15, 0.2) is 0 Å². The van der Waals surface area contributed by atoms with Crippen LogP contribution in [0.15, 0.2) is 49.1 Å². The molecule has 5 heteroatoms. The number of rotatable bonds is 4. The van der Waals surface area contributed by atoms with Gasteiger partial charge >= 0.3 is 0 Å². The second-order valence-electron chi connectivity index (χ2n) is 5.41. The summed E-state index contributed by atoms with van der Waals surface area (Å²) >= 11 is 0. The molecule has 0 bridgehead atoms. The number of aromatic nitrogens is 4. The van der Waals surface area contributed by atoms with Crippen LogP contribution in [0.5, 0.6) is 5.75 Å². The normalized spacial score (nSPS) is 14.4. The highest BCUT2D eigenvalue weighted by atomic mass is 16.5. The third kappa shape index (κ3) is 2.35. The van der Waals surface area contributed by atoms with Gasteiger partial charge < -0.3 is 9.72 Å². The Bertz CT molecular complexity index is 756.